The maximum absolute atomic E-state index is 12.5. The standard InChI is InChI=1S/C17H25F3N4/c1-2-24-11-3-4-15(24)12-23-16(21)22-10-9-13-5-7-14(8-6-13)17(18,19)20/h5-8,15H,2-4,9-12H2,1H3,(H3,21,22,23). The van der Waals surface area contributed by atoms with Gasteiger partial charge in [0.15, 0.2) is 5.96 Å². The van der Waals surface area contributed by atoms with E-state index in [1.54, 1.807) is 0 Å². The van der Waals surface area contributed by atoms with E-state index in [0.29, 0.717) is 31.5 Å². The number of hydrogen-bond donors (Lipinski definition) is 2. The molecule has 4 nitrogen and oxygen atoms in total. The number of nitrogens with one attached hydrogen (secondary N) is 1. The lowest BCUT2D eigenvalue weighted by atomic mass is 10.1. The van der Waals surface area contributed by atoms with Gasteiger partial charge in [-0.25, -0.2) is 0 Å². The monoisotopic (exact) mass is 342 g/mol. The van der Waals surface area contributed by atoms with E-state index in [1.807, 2.05) is 0 Å². The average molecular weight is 342 g/mol. The zero-order valence-corrected chi connectivity index (χ0v) is 13.9. The molecule has 1 aliphatic heterocycles. The van der Waals surface area contributed by atoms with Crippen LogP contribution in [0, 0.1) is 0 Å². The van der Waals surface area contributed by atoms with Crippen molar-refractivity contribution in [3.8, 4) is 0 Å². The van der Waals surface area contributed by atoms with Crippen molar-refractivity contribution in [3.05, 3.63) is 35.4 Å². The van der Waals surface area contributed by atoms with Gasteiger partial charge in [0.25, 0.3) is 0 Å². The Morgan fingerprint density at radius 1 is 1.33 bits per heavy atom. The van der Waals surface area contributed by atoms with Crippen LogP contribution in [-0.4, -0.2) is 43.1 Å². The first-order valence-corrected chi connectivity index (χ1v) is 8.34. The molecule has 1 aromatic rings. The molecule has 0 bridgehead atoms. The molecule has 24 heavy (non-hydrogen) atoms. The Balaban J connectivity index is 1.74. The highest BCUT2D eigenvalue weighted by atomic mass is 19.4. The SMILES string of the molecule is CCN1CCCC1CN=C(N)NCCc1ccc(C(F)(F)F)cc1. The molecule has 0 saturated carbocycles. The molecule has 7 heteroatoms. The van der Waals surface area contributed by atoms with Crippen molar-refractivity contribution < 1.29 is 13.2 Å². The minimum atomic E-state index is -4.29. The Morgan fingerprint density at radius 2 is 2.04 bits per heavy atom. The number of rotatable bonds is 6. The van der Waals surface area contributed by atoms with E-state index in [-0.39, 0.29) is 0 Å². The first-order chi connectivity index (χ1) is 11.4. The van der Waals surface area contributed by atoms with Crippen LogP contribution in [0.3, 0.4) is 0 Å². The van der Waals surface area contributed by atoms with Crippen molar-refractivity contribution in [2.45, 2.75) is 38.4 Å². The second-order valence-electron chi connectivity index (χ2n) is 6.02. The zero-order chi connectivity index (χ0) is 17.6. The smallest absolute Gasteiger partial charge is 0.370 e. The summed E-state index contributed by atoms with van der Waals surface area (Å²) in [5.74, 6) is 0.393. The molecule has 1 heterocycles. The molecule has 0 radical (unpaired) electrons. The number of benzene rings is 1. The van der Waals surface area contributed by atoms with Crippen LogP contribution in [0.5, 0.6) is 0 Å². The number of halogens is 3. The van der Waals surface area contributed by atoms with E-state index >= 15 is 0 Å². The van der Waals surface area contributed by atoms with Gasteiger partial charge in [0, 0.05) is 12.6 Å². The molecule has 1 aromatic carbocycles. The highest BCUT2D eigenvalue weighted by molar-refractivity contribution is 5.77. The van der Waals surface area contributed by atoms with Crippen LogP contribution in [0.1, 0.15) is 30.9 Å². The molecular weight excluding hydrogens is 317 g/mol. The third-order valence-electron chi connectivity index (χ3n) is 4.38. The maximum atomic E-state index is 12.5. The summed E-state index contributed by atoms with van der Waals surface area (Å²) in [6, 6.07) is 5.66. The number of nitrogens with two attached hydrogens (primary N) is 1. The molecule has 1 aliphatic rings. The Kier molecular flexibility index (Phi) is 6.48. The van der Waals surface area contributed by atoms with E-state index < -0.39 is 11.7 Å². The molecule has 0 amide bonds. The van der Waals surface area contributed by atoms with E-state index in [4.69, 9.17) is 5.73 Å². The highest BCUT2D eigenvalue weighted by Gasteiger charge is 2.29. The third-order valence-corrected chi connectivity index (χ3v) is 4.38. The van der Waals surface area contributed by atoms with Crippen LogP contribution in [0.25, 0.3) is 0 Å². The predicted octanol–water partition coefficient (Wildman–Crippen LogP) is 2.64. The van der Waals surface area contributed by atoms with Gasteiger partial charge in [-0.05, 0) is 50.0 Å². The molecule has 0 aromatic heterocycles. The Labute approximate surface area is 140 Å². The molecule has 3 N–H and O–H groups in total. The number of likely N-dealkylation sites (tertiary alicyclic amines) is 1. The van der Waals surface area contributed by atoms with Crippen molar-refractivity contribution in [1.29, 1.82) is 0 Å². The lowest BCUT2D eigenvalue weighted by Gasteiger charge is -2.20. The van der Waals surface area contributed by atoms with Crippen LogP contribution < -0.4 is 11.1 Å². The molecule has 1 atom stereocenters. The van der Waals surface area contributed by atoms with Crippen LogP contribution in [0.15, 0.2) is 29.3 Å². The molecule has 2 rings (SSSR count). The Morgan fingerprint density at radius 3 is 2.67 bits per heavy atom. The molecule has 1 fully saturated rings. The summed E-state index contributed by atoms with van der Waals surface area (Å²) in [5.41, 5.74) is 6.06. The second kappa shape index (κ2) is 8.37. The van der Waals surface area contributed by atoms with Crippen molar-refractivity contribution in [2.75, 3.05) is 26.2 Å². The largest absolute Gasteiger partial charge is 0.416 e. The zero-order valence-electron chi connectivity index (χ0n) is 13.9. The fraction of sp³-hybridized carbons (Fsp3) is 0.588. The van der Waals surface area contributed by atoms with Crippen LogP contribution in [0.2, 0.25) is 0 Å². The molecule has 0 aliphatic carbocycles. The maximum Gasteiger partial charge on any atom is 0.416 e. The van der Waals surface area contributed by atoms with Gasteiger partial charge >= 0.3 is 6.18 Å². The van der Waals surface area contributed by atoms with E-state index in [1.165, 1.54) is 18.6 Å². The van der Waals surface area contributed by atoms with Crippen molar-refractivity contribution in [2.24, 2.45) is 10.7 Å². The number of guanidine groups is 1. The van der Waals surface area contributed by atoms with Gasteiger partial charge in [-0.15, -0.1) is 0 Å². The average Bonchev–Trinajstić information content (AvgIpc) is 3.00. The van der Waals surface area contributed by atoms with Crippen LogP contribution in [-0.2, 0) is 12.6 Å². The molecule has 1 saturated heterocycles. The summed E-state index contributed by atoms with van der Waals surface area (Å²) < 4.78 is 37.5. The number of hydrogen-bond acceptors (Lipinski definition) is 2. The first kappa shape index (κ1) is 18.6. The number of nitrogens with zero attached hydrogens (tertiary/aromatic N) is 2. The summed E-state index contributed by atoms with van der Waals surface area (Å²) in [7, 11) is 0. The second-order valence-corrected chi connectivity index (χ2v) is 6.02. The molecular formula is C17H25F3N4. The quantitative estimate of drug-likeness (QED) is 0.617. The van der Waals surface area contributed by atoms with Crippen molar-refractivity contribution in [1.82, 2.24) is 10.2 Å². The third kappa shape index (κ3) is 5.40. The van der Waals surface area contributed by atoms with Crippen LogP contribution in [0.4, 0.5) is 13.2 Å². The minimum absolute atomic E-state index is 0.393. The lowest BCUT2D eigenvalue weighted by molar-refractivity contribution is -0.137. The Hall–Kier alpha value is -1.76. The van der Waals surface area contributed by atoms with Gasteiger partial charge in [-0.2, -0.15) is 13.2 Å². The van der Waals surface area contributed by atoms with Gasteiger partial charge in [0.2, 0.25) is 0 Å². The van der Waals surface area contributed by atoms with Crippen molar-refractivity contribution in [3.63, 3.8) is 0 Å². The molecule has 1 unspecified atom stereocenters. The molecule has 134 valence electrons. The number of alkyl halides is 3. The summed E-state index contributed by atoms with van der Waals surface area (Å²) in [4.78, 5) is 6.78. The Bertz CT molecular complexity index is 540. The van der Waals surface area contributed by atoms with E-state index in [0.717, 1.165) is 37.2 Å². The van der Waals surface area contributed by atoms with Gasteiger partial charge < -0.3 is 11.1 Å². The van der Waals surface area contributed by atoms with Gasteiger partial charge in [0.05, 0.1) is 12.1 Å². The lowest BCUT2D eigenvalue weighted by Crippen LogP contribution is -2.36. The van der Waals surface area contributed by atoms with E-state index in [2.05, 4.69) is 22.1 Å². The number of likely N-dealkylation sites (N-methyl/N-ethyl adjacent to an activating group) is 1. The fourth-order valence-corrected chi connectivity index (χ4v) is 2.97. The van der Waals surface area contributed by atoms with Crippen molar-refractivity contribution >= 4 is 5.96 Å². The van der Waals surface area contributed by atoms with Gasteiger partial charge in [0.1, 0.15) is 0 Å². The van der Waals surface area contributed by atoms with Crippen LogP contribution >= 0.6 is 0 Å². The first-order valence-electron chi connectivity index (χ1n) is 8.34. The summed E-state index contributed by atoms with van der Waals surface area (Å²) in [5, 5.41) is 3.02. The fourth-order valence-electron chi connectivity index (χ4n) is 2.97. The number of aliphatic imine (C=N–C) groups is 1. The highest BCUT2D eigenvalue weighted by Crippen LogP contribution is 2.29. The topological polar surface area (TPSA) is 53.6 Å². The predicted molar refractivity (Wildman–Crippen MR) is 89.9 cm³/mol. The molecule has 0 spiro atoms. The minimum Gasteiger partial charge on any atom is -0.370 e. The summed E-state index contributed by atoms with van der Waals surface area (Å²) >= 11 is 0. The van der Waals surface area contributed by atoms with Gasteiger partial charge in [-0.3, -0.25) is 9.89 Å². The summed E-state index contributed by atoms with van der Waals surface area (Å²) in [6.45, 7) is 5.53. The van der Waals surface area contributed by atoms with Gasteiger partial charge in [-0.1, -0.05) is 19.1 Å². The summed E-state index contributed by atoms with van der Waals surface area (Å²) in [6.07, 6.45) is -1.34. The van der Waals surface area contributed by atoms with E-state index in [9.17, 15) is 13.2 Å². The normalized spacial score (nSPS) is 19.7.